The number of ether oxygens (including phenoxy) is 1. The lowest BCUT2D eigenvalue weighted by Crippen LogP contribution is -2.25. The van der Waals surface area contributed by atoms with Crippen molar-refractivity contribution in [2.24, 2.45) is 0 Å². The molecule has 0 rings (SSSR count). The molecule has 3 nitrogen and oxygen atoms in total. The monoisotopic (exact) mass is 389 g/mol. The van der Waals surface area contributed by atoms with Crippen LogP contribution < -0.4 is 5.32 Å². The summed E-state index contributed by atoms with van der Waals surface area (Å²) in [5.41, 5.74) is 4.49. The van der Waals surface area contributed by atoms with Crippen molar-refractivity contribution in [2.45, 2.75) is 41.0 Å². The van der Waals surface area contributed by atoms with E-state index < -0.39 is 0 Å². The molecule has 1 amide bonds. The van der Waals surface area contributed by atoms with Crippen LogP contribution in [0.25, 0.3) is 0 Å². The predicted molar refractivity (Wildman–Crippen MR) is 121 cm³/mol. The summed E-state index contributed by atoms with van der Waals surface area (Å²) >= 11 is 1.74. The van der Waals surface area contributed by atoms with Gasteiger partial charge in [0.05, 0.1) is 6.54 Å². The van der Waals surface area contributed by atoms with Crippen LogP contribution >= 0.6 is 11.8 Å². The molecule has 0 spiro atoms. The number of nitrogens with one attached hydrogen (secondary N) is 1. The van der Waals surface area contributed by atoms with Gasteiger partial charge >= 0.3 is 0 Å². The van der Waals surface area contributed by atoms with Crippen molar-refractivity contribution in [3.63, 3.8) is 0 Å². The first-order valence-corrected chi connectivity index (χ1v) is 10.6. The first-order chi connectivity index (χ1) is 12.8. The van der Waals surface area contributed by atoms with Crippen molar-refractivity contribution in [3.8, 4) is 0 Å². The Morgan fingerprint density at radius 1 is 1.07 bits per heavy atom. The Morgan fingerprint density at radius 3 is 2.37 bits per heavy atom. The molecule has 0 aliphatic heterocycles. The molecule has 27 heavy (non-hydrogen) atoms. The topological polar surface area (TPSA) is 38.3 Å². The van der Waals surface area contributed by atoms with Crippen LogP contribution in [0.5, 0.6) is 0 Å². The summed E-state index contributed by atoms with van der Waals surface area (Å²) in [6, 6.07) is 0. The highest BCUT2D eigenvalue weighted by atomic mass is 32.2. The summed E-state index contributed by atoms with van der Waals surface area (Å²) in [5.74, 6) is 1.63. The number of amides is 1. The highest BCUT2D eigenvalue weighted by molar-refractivity contribution is 7.98. The van der Waals surface area contributed by atoms with Gasteiger partial charge in [-0.15, -0.1) is 0 Å². The van der Waals surface area contributed by atoms with Crippen LogP contribution in [0.3, 0.4) is 0 Å². The molecule has 0 aromatic carbocycles. The Balaban J connectivity index is 4.49. The second-order valence-electron chi connectivity index (χ2n) is 6.55. The van der Waals surface area contributed by atoms with E-state index in [2.05, 4.69) is 32.0 Å². The average molecular weight is 390 g/mol. The highest BCUT2D eigenvalue weighted by Crippen LogP contribution is 2.13. The molecule has 0 heterocycles. The van der Waals surface area contributed by atoms with Crippen LogP contribution in [0.4, 0.5) is 0 Å². The van der Waals surface area contributed by atoms with Crippen LogP contribution in [-0.4, -0.2) is 31.1 Å². The van der Waals surface area contributed by atoms with E-state index in [9.17, 15) is 4.79 Å². The minimum atomic E-state index is -0.120. The Hall–Kier alpha value is -1.94. The molecule has 150 valence electrons. The molecule has 4 heteroatoms. The maximum absolute atomic E-state index is 11.9. The molecule has 0 unspecified atom stereocenters. The standard InChI is InChI=1S/C23H35NO2S/c1-8-21(6)22(13-11-20(5)17-27-7)26-16-15-24-23(25)14-12-19(4)10-9-18(2)3/h9-14H,5,8,15-17H2,1-4,6-7H3,(H,24,25). The molecule has 0 saturated carbocycles. The number of allylic oxidation sites excluding steroid dienone is 8. The van der Waals surface area contributed by atoms with Gasteiger partial charge in [-0.3, -0.25) is 4.79 Å². The summed E-state index contributed by atoms with van der Waals surface area (Å²) in [6.07, 6.45) is 14.3. The van der Waals surface area contributed by atoms with Crippen molar-refractivity contribution < 1.29 is 9.53 Å². The van der Waals surface area contributed by atoms with Gasteiger partial charge in [-0.2, -0.15) is 11.8 Å². The quantitative estimate of drug-likeness (QED) is 0.200. The molecule has 0 bridgehead atoms. The lowest BCUT2D eigenvalue weighted by molar-refractivity contribution is -0.116. The zero-order chi connectivity index (χ0) is 20.7. The van der Waals surface area contributed by atoms with Gasteiger partial charge in [0.25, 0.3) is 0 Å². The summed E-state index contributed by atoms with van der Waals surface area (Å²) in [4.78, 5) is 11.9. The van der Waals surface area contributed by atoms with Gasteiger partial charge in [0.2, 0.25) is 5.91 Å². The molecule has 0 fully saturated rings. The summed E-state index contributed by atoms with van der Waals surface area (Å²) in [5, 5.41) is 2.84. The largest absolute Gasteiger partial charge is 0.492 e. The van der Waals surface area contributed by atoms with E-state index in [0.717, 1.165) is 29.1 Å². The Morgan fingerprint density at radius 2 is 1.78 bits per heavy atom. The van der Waals surface area contributed by atoms with E-state index in [-0.39, 0.29) is 5.91 Å². The van der Waals surface area contributed by atoms with Gasteiger partial charge in [0.15, 0.2) is 0 Å². The second-order valence-corrected chi connectivity index (χ2v) is 7.42. The summed E-state index contributed by atoms with van der Waals surface area (Å²) < 4.78 is 5.85. The van der Waals surface area contributed by atoms with Gasteiger partial charge in [0.1, 0.15) is 12.4 Å². The molecule has 0 saturated heterocycles. The molecule has 0 aromatic rings. The van der Waals surface area contributed by atoms with Crippen LogP contribution in [-0.2, 0) is 9.53 Å². The first-order valence-electron chi connectivity index (χ1n) is 9.25. The maximum Gasteiger partial charge on any atom is 0.244 e. The van der Waals surface area contributed by atoms with Crippen LogP contribution in [0.1, 0.15) is 41.0 Å². The van der Waals surface area contributed by atoms with Crippen molar-refractivity contribution in [1.82, 2.24) is 5.32 Å². The second kappa shape index (κ2) is 15.2. The van der Waals surface area contributed by atoms with E-state index in [4.69, 9.17) is 4.74 Å². The lowest BCUT2D eigenvalue weighted by Gasteiger charge is -2.11. The minimum absolute atomic E-state index is 0.120. The van der Waals surface area contributed by atoms with Crippen molar-refractivity contribution >= 4 is 17.7 Å². The molecule has 1 N–H and O–H groups in total. The van der Waals surface area contributed by atoms with Crippen LogP contribution in [0, 0.1) is 0 Å². The Kier molecular flexibility index (Phi) is 14.1. The smallest absolute Gasteiger partial charge is 0.244 e. The number of carbonyl (C=O) groups is 1. The average Bonchev–Trinajstić information content (AvgIpc) is 2.63. The van der Waals surface area contributed by atoms with E-state index >= 15 is 0 Å². The van der Waals surface area contributed by atoms with Gasteiger partial charge in [0, 0.05) is 11.8 Å². The predicted octanol–water partition coefficient (Wildman–Crippen LogP) is 5.75. The fourth-order valence-corrected chi connectivity index (χ4v) is 2.34. The molecule has 0 radical (unpaired) electrons. The van der Waals surface area contributed by atoms with E-state index in [0.29, 0.717) is 13.2 Å². The number of thioether (sulfide) groups is 1. The number of hydrogen-bond acceptors (Lipinski definition) is 3. The molecule has 0 atom stereocenters. The van der Waals surface area contributed by atoms with Crippen molar-refractivity contribution in [2.75, 3.05) is 25.2 Å². The summed E-state index contributed by atoms with van der Waals surface area (Å²) in [7, 11) is 0. The fourth-order valence-electron chi connectivity index (χ4n) is 1.87. The number of carbonyl (C=O) groups excluding carboxylic acids is 1. The third-order valence-electron chi connectivity index (χ3n) is 3.59. The SMILES string of the molecule is C=C(C=CC(OCCNC(=O)C=CC(C)=CC=C(C)C)=C(C)CC)CSC. The normalized spacial score (nSPS) is 12.9. The van der Waals surface area contributed by atoms with Crippen molar-refractivity contribution in [3.05, 3.63) is 71.1 Å². The van der Waals surface area contributed by atoms with Crippen LogP contribution in [0.15, 0.2) is 71.1 Å². The molecule has 0 aliphatic carbocycles. The zero-order valence-corrected chi connectivity index (χ0v) is 18.5. The van der Waals surface area contributed by atoms with Gasteiger partial charge < -0.3 is 10.1 Å². The fraction of sp³-hybridized carbons (Fsp3) is 0.435. The summed E-state index contributed by atoms with van der Waals surface area (Å²) in [6.45, 7) is 15.1. The molecular weight excluding hydrogens is 354 g/mol. The molecular formula is C23H35NO2S. The van der Waals surface area contributed by atoms with Gasteiger partial charge in [-0.05, 0) is 57.6 Å². The number of hydrogen-bond donors (Lipinski definition) is 1. The maximum atomic E-state index is 11.9. The highest BCUT2D eigenvalue weighted by Gasteiger charge is 2.01. The van der Waals surface area contributed by atoms with E-state index in [1.54, 1.807) is 17.8 Å². The third-order valence-corrected chi connectivity index (χ3v) is 4.25. The lowest BCUT2D eigenvalue weighted by atomic mass is 10.2. The number of rotatable bonds is 12. The zero-order valence-electron chi connectivity index (χ0n) is 17.7. The van der Waals surface area contributed by atoms with Gasteiger partial charge in [-0.25, -0.2) is 0 Å². The third kappa shape index (κ3) is 13.9. The van der Waals surface area contributed by atoms with Gasteiger partial charge in [-0.1, -0.05) is 49.0 Å². The molecule has 0 aromatic heterocycles. The van der Waals surface area contributed by atoms with Crippen LogP contribution in [0.2, 0.25) is 0 Å². The Bertz CT molecular complexity index is 633. The minimum Gasteiger partial charge on any atom is -0.492 e. The van der Waals surface area contributed by atoms with E-state index in [1.165, 1.54) is 11.1 Å². The Labute approximate surface area is 170 Å². The van der Waals surface area contributed by atoms with E-state index in [1.807, 2.05) is 51.2 Å². The first kappa shape index (κ1) is 25.1. The van der Waals surface area contributed by atoms with Crippen molar-refractivity contribution in [1.29, 1.82) is 0 Å². The molecule has 0 aliphatic rings.